The van der Waals surface area contributed by atoms with Crippen LogP contribution in [0.3, 0.4) is 0 Å². The topological polar surface area (TPSA) is 82.4 Å². The second-order valence-corrected chi connectivity index (χ2v) is 8.01. The van der Waals surface area contributed by atoms with Gasteiger partial charge in [0.1, 0.15) is 35.1 Å². The van der Waals surface area contributed by atoms with Gasteiger partial charge in [-0.25, -0.2) is 8.78 Å². The highest BCUT2D eigenvalue weighted by molar-refractivity contribution is 9.10. The number of nitrogens with zero attached hydrogens (tertiary/aromatic N) is 2. The molecule has 1 heterocycles. The third kappa shape index (κ3) is 6.45. The van der Waals surface area contributed by atoms with E-state index in [1.165, 1.54) is 17.7 Å². The fourth-order valence-corrected chi connectivity index (χ4v) is 3.43. The fraction of sp³-hybridized carbons (Fsp3) is 0.261. The Bertz CT molecular complexity index is 1200. The summed E-state index contributed by atoms with van der Waals surface area (Å²) in [5.41, 5.74) is 1.56. The van der Waals surface area contributed by atoms with Gasteiger partial charge in [0.2, 0.25) is 11.8 Å². The summed E-state index contributed by atoms with van der Waals surface area (Å²) in [7, 11) is 1.45. The van der Waals surface area contributed by atoms with Crippen molar-refractivity contribution in [3.05, 3.63) is 91.4 Å². The summed E-state index contributed by atoms with van der Waals surface area (Å²) in [5.74, 6) is -1.19. The Morgan fingerprint density at radius 3 is 2.52 bits per heavy atom. The molecule has 0 spiro atoms. The molecule has 0 aliphatic rings. The minimum atomic E-state index is -0.738. The molecule has 0 radical (unpaired) electrons. The molecule has 0 aliphatic heterocycles. The zero-order valence-electron chi connectivity index (χ0n) is 18.0. The van der Waals surface area contributed by atoms with E-state index >= 15 is 0 Å². The number of hydrogen-bond donors (Lipinski definition) is 1. The standard InChI is InChI=1S/C23H22BrF2N3O4/c1-14-28-22(33-12-17-7-8-18(25)9-19(17)26)21(24)23(31)29(14)11-16-5-3-15(4-6-16)10-27-20(30)13-32-2/h3-9H,10-13H2,1-2H3,(H,27,30). The van der Waals surface area contributed by atoms with Gasteiger partial charge in [0.25, 0.3) is 5.56 Å². The Balaban J connectivity index is 1.69. The SMILES string of the molecule is COCC(=O)NCc1ccc(Cn2c(C)nc(OCc3ccc(F)cc3F)c(Br)c2=O)cc1. The molecule has 0 unspecified atom stereocenters. The van der Waals surface area contributed by atoms with Crippen LogP contribution >= 0.6 is 15.9 Å². The number of amides is 1. The number of carbonyl (C=O) groups is 1. The van der Waals surface area contributed by atoms with E-state index < -0.39 is 11.6 Å². The molecule has 0 fully saturated rings. The number of benzene rings is 2. The Hall–Kier alpha value is -3.11. The second-order valence-electron chi connectivity index (χ2n) is 7.22. The van der Waals surface area contributed by atoms with E-state index in [2.05, 4.69) is 26.2 Å². The maximum Gasteiger partial charge on any atom is 0.272 e. The Morgan fingerprint density at radius 2 is 1.85 bits per heavy atom. The van der Waals surface area contributed by atoms with Crippen molar-refractivity contribution in [1.82, 2.24) is 14.9 Å². The largest absolute Gasteiger partial charge is 0.472 e. The van der Waals surface area contributed by atoms with Gasteiger partial charge in [-0.3, -0.25) is 14.2 Å². The minimum Gasteiger partial charge on any atom is -0.472 e. The van der Waals surface area contributed by atoms with E-state index in [1.54, 1.807) is 6.92 Å². The highest BCUT2D eigenvalue weighted by Crippen LogP contribution is 2.21. The summed E-state index contributed by atoms with van der Waals surface area (Å²) in [6.07, 6.45) is 0. The number of hydrogen-bond acceptors (Lipinski definition) is 5. The van der Waals surface area contributed by atoms with Gasteiger partial charge in [0.05, 0.1) is 6.54 Å². The van der Waals surface area contributed by atoms with Crippen molar-refractivity contribution < 1.29 is 23.0 Å². The van der Waals surface area contributed by atoms with E-state index in [4.69, 9.17) is 9.47 Å². The first kappa shape index (κ1) is 24.5. The van der Waals surface area contributed by atoms with Gasteiger partial charge >= 0.3 is 0 Å². The summed E-state index contributed by atoms with van der Waals surface area (Å²) in [6.45, 7) is 2.11. The summed E-state index contributed by atoms with van der Waals surface area (Å²) in [4.78, 5) is 28.7. The van der Waals surface area contributed by atoms with Crippen LogP contribution < -0.4 is 15.6 Å². The van der Waals surface area contributed by atoms with Crippen molar-refractivity contribution in [2.45, 2.75) is 26.6 Å². The van der Waals surface area contributed by atoms with Gasteiger partial charge in [-0.1, -0.05) is 24.3 Å². The van der Waals surface area contributed by atoms with Crippen molar-refractivity contribution in [1.29, 1.82) is 0 Å². The van der Waals surface area contributed by atoms with Crippen molar-refractivity contribution in [2.75, 3.05) is 13.7 Å². The van der Waals surface area contributed by atoms with Crippen LogP contribution in [0.25, 0.3) is 0 Å². The molecule has 1 amide bonds. The van der Waals surface area contributed by atoms with Gasteiger partial charge in [-0.05, 0) is 46.1 Å². The molecule has 33 heavy (non-hydrogen) atoms. The average Bonchev–Trinajstić information content (AvgIpc) is 2.79. The third-order valence-electron chi connectivity index (χ3n) is 4.78. The lowest BCUT2D eigenvalue weighted by Gasteiger charge is -2.14. The molecule has 2 aromatic carbocycles. The highest BCUT2D eigenvalue weighted by atomic mass is 79.9. The van der Waals surface area contributed by atoms with Crippen LogP contribution in [0.1, 0.15) is 22.5 Å². The number of aryl methyl sites for hydroxylation is 1. The quantitative estimate of drug-likeness (QED) is 0.466. The molecule has 7 nitrogen and oxygen atoms in total. The number of rotatable bonds is 9. The average molecular weight is 522 g/mol. The minimum absolute atomic E-state index is 0.000699. The lowest BCUT2D eigenvalue weighted by atomic mass is 10.1. The van der Waals surface area contributed by atoms with Gasteiger partial charge in [0.15, 0.2) is 0 Å². The molecule has 0 saturated carbocycles. The van der Waals surface area contributed by atoms with E-state index in [1.807, 2.05) is 24.3 Å². The molecular weight excluding hydrogens is 500 g/mol. The Kier molecular flexibility index (Phi) is 8.29. The van der Waals surface area contributed by atoms with Crippen LogP contribution in [-0.4, -0.2) is 29.2 Å². The number of halogens is 3. The maximum absolute atomic E-state index is 13.8. The number of carbonyl (C=O) groups excluding carboxylic acids is 1. The molecule has 3 rings (SSSR count). The van der Waals surface area contributed by atoms with E-state index in [9.17, 15) is 18.4 Å². The highest BCUT2D eigenvalue weighted by Gasteiger charge is 2.15. The normalized spacial score (nSPS) is 10.8. The van der Waals surface area contributed by atoms with Gasteiger partial charge < -0.3 is 14.8 Å². The maximum atomic E-state index is 13.8. The van der Waals surface area contributed by atoms with Gasteiger partial charge in [0, 0.05) is 25.3 Å². The molecule has 1 aromatic heterocycles. The molecule has 0 saturated heterocycles. The first-order chi connectivity index (χ1) is 15.8. The summed E-state index contributed by atoms with van der Waals surface area (Å²) in [6, 6.07) is 10.6. The number of aromatic nitrogens is 2. The van der Waals surface area contributed by atoms with Crippen LogP contribution in [0.4, 0.5) is 8.78 Å². The first-order valence-corrected chi connectivity index (χ1v) is 10.7. The van der Waals surface area contributed by atoms with Crippen molar-refractivity contribution in [3.63, 3.8) is 0 Å². The lowest BCUT2D eigenvalue weighted by molar-refractivity contribution is -0.124. The van der Waals surface area contributed by atoms with Crippen LogP contribution in [0.2, 0.25) is 0 Å². The summed E-state index contributed by atoms with van der Waals surface area (Å²) < 4.78 is 38.8. The zero-order valence-corrected chi connectivity index (χ0v) is 19.6. The number of methoxy groups -OCH3 is 1. The molecule has 0 bridgehead atoms. The van der Waals surface area contributed by atoms with Gasteiger partial charge in [-0.2, -0.15) is 4.98 Å². The van der Waals surface area contributed by atoms with E-state index in [0.717, 1.165) is 23.3 Å². The lowest BCUT2D eigenvalue weighted by Crippen LogP contribution is -2.26. The van der Waals surface area contributed by atoms with Crippen LogP contribution in [0.5, 0.6) is 5.88 Å². The third-order valence-corrected chi connectivity index (χ3v) is 5.46. The number of nitrogens with one attached hydrogen (secondary N) is 1. The Morgan fingerprint density at radius 1 is 1.15 bits per heavy atom. The summed E-state index contributed by atoms with van der Waals surface area (Å²) >= 11 is 3.22. The molecule has 0 atom stereocenters. The van der Waals surface area contributed by atoms with Gasteiger partial charge in [-0.15, -0.1) is 0 Å². The summed E-state index contributed by atoms with van der Waals surface area (Å²) in [5, 5.41) is 2.74. The predicted molar refractivity (Wildman–Crippen MR) is 121 cm³/mol. The monoisotopic (exact) mass is 521 g/mol. The predicted octanol–water partition coefficient (Wildman–Crippen LogP) is 3.48. The molecule has 0 aliphatic carbocycles. The molecule has 10 heteroatoms. The Labute approximate surface area is 197 Å². The van der Waals surface area contributed by atoms with Crippen molar-refractivity contribution in [2.24, 2.45) is 0 Å². The van der Waals surface area contributed by atoms with E-state index in [0.29, 0.717) is 12.4 Å². The molecular formula is C23H22BrF2N3O4. The molecule has 3 aromatic rings. The zero-order chi connectivity index (χ0) is 24.0. The van der Waals surface area contributed by atoms with Crippen molar-refractivity contribution >= 4 is 21.8 Å². The van der Waals surface area contributed by atoms with Crippen molar-refractivity contribution in [3.8, 4) is 5.88 Å². The van der Waals surface area contributed by atoms with E-state index in [-0.39, 0.29) is 47.1 Å². The van der Waals surface area contributed by atoms with Crippen LogP contribution in [-0.2, 0) is 29.2 Å². The fourth-order valence-electron chi connectivity index (χ4n) is 3.01. The number of ether oxygens (including phenoxy) is 2. The second kappa shape index (κ2) is 11.2. The molecule has 174 valence electrons. The molecule has 1 N–H and O–H groups in total. The van der Waals surface area contributed by atoms with Crippen LogP contribution in [0, 0.1) is 18.6 Å². The smallest absolute Gasteiger partial charge is 0.272 e. The van der Waals surface area contributed by atoms with Crippen LogP contribution in [0.15, 0.2) is 51.7 Å². The first-order valence-electron chi connectivity index (χ1n) is 9.95.